The van der Waals surface area contributed by atoms with Crippen LogP contribution in [0.2, 0.25) is 0 Å². The molecule has 1 aromatic heterocycles. The van der Waals surface area contributed by atoms with E-state index in [1.54, 1.807) is 13.4 Å². The van der Waals surface area contributed by atoms with Crippen LogP contribution >= 0.6 is 0 Å². The van der Waals surface area contributed by atoms with Crippen LogP contribution in [0.1, 0.15) is 37.9 Å². The molecule has 20 heavy (non-hydrogen) atoms. The van der Waals surface area contributed by atoms with E-state index in [9.17, 15) is 4.79 Å². The number of methoxy groups -OCH3 is 1. The molecule has 0 radical (unpaired) electrons. The zero-order valence-corrected chi connectivity index (χ0v) is 12.1. The molecule has 0 atom stereocenters. The third kappa shape index (κ3) is 4.27. The van der Waals surface area contributed by atoms with E-state index >= 15 is 0 Å². The molecule has 1 saturated carbocycles. The van der Waals surface area contributed by atoms with Gasteiger partial charge in [-0.3, -0.25) is 0 Å². The first-order valence-electron chi connectivity index (χ1n) is 7.27. The Labute approximate surface area is 120 Å². The number of rotatable bonds is 7. The fourth-order valence-corrected chi connectivity index (χ4v) is 2.87. The number of furan rings is 1. The first-order chi connectivity index (χ1) is 9.74. The highest BCUT2D eigenvalue weighted by Crippen LogP contribution is 2.40. The number of carbonyl (C=O) groups excluding carboxylic acids is 1. The predicted molar refractivity (Wildman–Crippen MR) is 76.3 cm³/mol. The van der Waals surface area contributed by atoms with Crippen LogP contribution in [0, 0.1) is 5.41 Å². The number of ether oxygens (including phenoxy) is 1. The topological polar surface area (TPSA) is 63.5 Å². The Kier molecular flexibility index (Phi) is 5.47. The minimum Gasteiger partial charge on any atom is -0.467 e. The molecule has 1 aliphatic rings. The molecule has 2 N–H and O–H groups in total. The largest absolute Gasteiger partial charge is 0.467 e. The average Bonchev–Trinajstić information content (AvgIpc) is 3.13. The molecule has 112 valence electrons. The molecule has 0 aliphatic heterocycles. The lowest BCUT2D eigenvalue weighted by Gasteiger charge is -2.29. The number of nitrogens with one attached hydrogen (secondary N) is 2. The van der Waals surface area contributed by atoms with Gasteiger partial charge in [-0.1, -0.05) is 12.8 Å². The second-order valence-corrected chi connectivity index (χ2v) is 5.57. The van der Waals surface area contributed by atoms with Gasteiger partial charge >= 0.3 is 6.03 Å². The zero-order chi connectivity index (χ0) is 14.3. The summed E-state index contributed by atoms with van der Waals surface area (Å²) in [6, 6.07) is 3.52. The molecular weight excluding hydrogens is 256 g/mol. The standard InChI is InChI=1S/C15H24N2O3/c1-19-10-8-15(6-2-3-7-15)12-17-14(18)16-11-13-5-4-9-20-13/h4-5,9H,2-3,6-8,10-12H2,1H3,(H2,16,17,18). The van der Waals surface area contributed by atoms with Crippen LogP contribution < -0.4 is 10.6 Å². The molecule has 1 fully saturated rings. The molecule has 1 heterocycles. The third-order valence-electron chi connectivity index (χ3n) is 4.13. The summed E-state index contributed by atoms with van der Waals surface area (Å²) in [7, 11) is 1.73. The van der Waals surface area contributed by atoms with Crippen LogP contribution in [0.3, 0.4) is 0 Å². The summed E-state index contributed by atoms with van der Waals surface area (Å²) in [5, 5.41) is 5.80. The molecule has 0 spiro atoms. The number of hydrogen-bond acceptors (Lipinski definition) is 3. The summed E-state index contributed by atoms with van der Waals surface area (Å²) in [5.41, 5.74) is 0.220. The van der Waals surface area contributed by atoms with Crippen molar-refractivity contribution in [3.8, 4) is 0 Å². The average molecular weight is 280 g/mol. The lowest BCUT2D eigenvalue weighted by atomic mass is 9.83. The van der Waals surface area contributed by atoms with Crippen molar-refractivity contribution in [2.24, 2.45) is 5.41 Å². The molecule has 0 saturated heterocycles. The van der Waals surface area contributed by atoms with Crippen LogP contribution in [0.5, 0.6) is 0 Å². The van der Waals surface area contributed by atoms with Crippen LogP contribution in [-0.2, 0) is 11.3 Å². The molecule has 0 unspecified atom stereocenters. The third-order valence-corrected chi connectivity index (χ3v) is 4.13. The summed E-state index contributed by atoms with van der Waals surface area (Å²) in [6.45, 7) is 1.90. The van der Waals surface area contributed by atoms with Gasteiger partial charge in [-0.25, -0.2) is 4.79 Å². The quantitative estimate of drug-likeness (QED) is 0.807. The molecule has 5 nitrogen and oxygen atoms in total. The van der Waals surface area contributed by atoms with Crippen molar-refractivity contribution in [1.82, 2.24) is 10.6 Å². The maximum Gasteiger partial charge on any atom is 0.315 e. The van der Waals surface area contributed by atoms with Gasteiger partial charge in [0.05, 0.1) is 12.8 Å². The molecule has 2 amide bonds. The van der Waals surface area contributed by atoms with E-state index < -0.39 is 0 Å². The smallest absolute Gasteiger partial charge is 0.315 e. The van der Waals surface area contributed by atoms with Gasteiger partial charge in [0, 0.05) is 20.3 Å². The van der Waals surface area contributed by atoms with Crippen molar-refractivity contribution in [3.05, 3.63) is 24.2 Å². The summed E-state index contributed by atoms with van der Waals surface area (Å²) >= 11 is 0. The molecule has 2 rings (SSSR count). The highest BCUT2D eigenvalue weighted by Gasteiger charge is 2.33. The van der Waals surface area contributed by atoms with Crippen molar-refractivity contribution in [2.75, 3.05) is 20.3 Å². The van der Waals surface area contributed by atoms with Gasteiger partial charge in [-0.15, -0.1) is 0 Å². The summed E-state index contributed by atoms with van der Waals surface area (Å²) in [4.78, 5) is 11.8. The maximum absolute atomic E-state index is 11.8. The number of urea groups is 1. The fourth-order valence-electron chi connectivity index (χ4n) is 2.87. The summed E-state index contributed by atoms with van der Waals surface area (Å²) < 4.78 is 10.4. The van der Waals surface area contributed by atoms with Gasteiger partial charge < -0.3 is 19.8 Å². The molecule has 0 bridgehead atoms. The Morgan fingerprint density at radius 1 is 1.40 bits per heavy atom. The molecule has 1 aliphatic carbocycles. The van der Waals surface area contributed by atoms with E-state index in [2.05, 4.69) is 10.6 Å². The molecular formula is C15H24N2O3. The van der Waals surface area contributed by atoms with Gasteiger partial charge in [-0.05, 0) is 36.8 Å². The Bertz CT molecular complexity index is 397. The SMILES string of the molecule is COCCC1(CNC(=O)NCc2ccco2)CCCC1. The van der Waals surface area contributed by atoms with Gasteiger partial charge in [0.25, 0.3) is 0 Å². The highest BCUT2D eigenvalue weighted by molar-refractivity contribution is 5.73. The van der Waals surface area contributed by atoms with E-state index in [0.717, 1.165) is 25.3 Å². The second-order valence-electron chi connectivity index (χ2n) is 5.57. The minimum absolute atomic E-state index is 0.134. The van der Waals surface area contributed by atoms with Crippen LogP contribution in [-0.4, -0.2) is 26.3 Å². The summed E-state index contributed by atoms with van der Waals surface area (Å²) in [5.74, 6) is 0.759. The van der Waals surface area contributed by atoms with E-state index in [4.69, 9.17) is 9.15 Å². The van der Waals surface area contributed by atoms with Gasteiger partial charge in [0.2, 0.25) is 0 Å². The van der Waals surface area contributed by atoms with Crippen molar-refractivity contribution in [2.45, 2.75) is 38.6 Å². The van der Waals surface area contributed by atoms with Crippen molar-refractivity contribution < 1.29 is 13.9 Å². The van der Waals surface area contributed by atoms with E-state index in [1.807, 2.05) is 12.1 Å². The van der Waals surface area contributed by atoms with Crippen molar-refractivity contribution >= 4 is 6.03 Å². The lowest BCUT2D eigenvalue weighted by Crippen LogP contribution is -2.41. The zero-order valence-electron chi connectivity index (χ0n) is 12.1. The minimum atomic E-state index is -0.134. The normalized spacial score (nSPS) is 17.1. The molecule has 1 aromatic rings. The summed E-state index contributed by atoms with van der Waals surface area (Å²) in [6.07, 6.45) is 7.47. The van der Waals surface area contributed by atoms with E-state index in [1.165, 1.54) is 25.7 Å². The first-order valence-corrected chi connectivity index (χ1v) is 7.27. The first kappa shape index (κ1) is 14.9. The van der Waals surface area contributed by atoms with Crippen molar-refractivity contribution in [1.29, 1.82) is 0 Å². The van der Waals surface area contributed by atoms with Gasteiger partial charge in [0.15, 0.2) is 0 Å². The Morgan fingerprint density at radius 3 is 2.85 bits per heavy atom. The fraction of sp³-hybridized carbons (Fsp3) is 0.667. The predicted octanol–water partition coefficient (Wildman–Crippen LogP) is 2.68. The Balaban J connectivity index is 1.72. The van der Waals surface area contributed by atoms with Gasteiger partial charge in [-0.2, -0.15) is 0 Å². The Morgan fingerprint density at radius 2 is 2.20 bits per heavy atom. The number of hydrogen-bond donors (Lipinski definition) is 2. The maximum atomic E-state index is 11.8. The molecule has 5 heteroatoms. The van der Waals surface area contributed by atoms with Crippen LogP contribution in [0.25, 0.3) is 0 Å². The lowest BCUT2D eigenvalue weighted by molar-refractivity contribution is 0.136. The van der Waals surface area contributed by atoms with Crippen LogP contribution in [0.15, 0.2) is 22.8 Å². The van der Waals surface area contributed by atoms with Crippen LogP contribution in [0.4, 0.5) is 4.79 Å². The second kappa shape index (κ2) is 7.33. The highest BCUT2D eigenvalue weighted by atomic mass is 16.5. The van der Waals surface area contributed by atoms with Crippen molar-refractivity contribution in [3.63, 3.8) is 0 Å². The molecule has 0 aromatic carbocycles. The van der Waals surface area contributed by atoms with Gasteiger partial charge in [0.1, 0.15) is 5.76 Å². The number of carbonyl (C=O) groups is 1. The van der Waals surface area contributed by atoms with E-state index in [0.29, 0.717) is 6.54 Å². The Hall–Kier alpha value is -1.49. The number of amides is 2. The monoisotopic (exact) mass is 280 g/mol. The van der Waals surface area contributed by atoms with E-state index in [-0.39, 0.29) is 11.4 Å².